The van der Waals surface area contributed by atoms with E-state index in [9.17, 15) is 14.3 Å². The maximum atomic E-state index is 13.5. The Balaban J connectivity index is 1.90. The summed E-state index contributed by atoms with van der Waals surface area (Å²) in [5.41, 5.74) is 5.85. The molecule has 1 aromatic rings. The third-order valence-electron chi connectivity index (χ3n) is 5.02. The standard InChI is InChI=1S/C16H21FN2O2/c17-12-5-6-13(14(15(12)18)16(20)21)19-8-7-10-3-1-2-4-11(10)9-19/h5-6,10-11H,1-4,7-9,18H2,(H,20,21). The lowest BCUT2D eigenvalue weighted by Crippen LogP contribution is -2.42. The first-order valence-corrected chi connectivity index (χ1v) is 7.64. The zero-order valence-corrected chi connectivity index (χ0v) is 12.0. The van der Waals surface area contributed by atoms with Gasteiger partial charge in [-0.2, -0.15) is 0 Å². The fraction of sp³-hybridized carbons (Fsp3) is 0.562. The van der Waals surface area contributed by atoms with Crippen LogP contribution in [0.15, 0.2) is 12.1 Å². The highest BCUT2D eigenvalue weighted by atomic mass is 19.1. The van der Waals surface area contributed by atoms with Gasteiger partial charge in [-0.15, -0.1) is 0 Å². The van der Waals surface area contributed by atoms with Crippen LogP contribution in [0.5, 0.6) is 0 Å². The summed E-state index contributed by atoms with van der Waals surface area (Å²) in [6.45, 7) is 1.68. The molecule has 0 amide bonds. The minimum absolute atomic E-state index is 0.0933. The lowest BCUT2D eigenvalue weighted by molar-refractivity contribution is 0.0698. The molecular weight excluding hydrogens is 271 g/mol. The predicted molar refractivity (Wildman–Crippen MR) is 80.0 cm³/mol. The Bertz CT molecular complexity index is 561. The van der Waals surface area contributed by atoms with E-state index in [4.69, 9.17) is 5.73 Å². The highest BCUT2D eigenvalue weighted by Crippen LogP contribution is 2.39. The van der Waals surface area contributed by atoms with E-state index in [-0.39, 0.29) is 11.3 Å². The highest BCUT2D eigenvalue weighted by Gasteiger charge is 2.33. The van der Waals surface area contributed by atoms with Gasteiger partial charge in [0.25, 0.3) is 0 Å². The van der Waals surface area contributed by atoms with Gasteiger partial charge in [-0.1, -0.05) is 19.3 Å². The third-order valence-corrected chi connectivity index (χ3v) is 5.02. The van der Waals surface area contributed by atoms with Crippen molar-refractivity contribution in [3.05, 3.63) is 23.5 Å². The van der Waals surface area contributed by atoms with E-state index in [1.165, 1.54) is 31.7 Å². The van der Waals surface area contributed by atoms with Crippen LogP contribution >= 0.6 is 0 Å². The van der Waals surface area contributed by atoms with E-state index in [2.05, 4.69) is 4.90 Å². The first kappa shape index (κ1) is 14.2. The van der Waals surface area contributed by atoms with E-state index in [1.807, 2.05) is 0 Å². The lowest BCUT2D eigenvalue weighted by atomic mass is 9.75. The zero-order valence-electron chi connectivity index (χ0n) is 12.0. The van der Waals surface area contributed by atoms with Gasteiger partial charge in [0, 0.05) is 13.1 Å². The summed E-state index contributed by atoms with van der Waals surface area (Å²) in [4.78, 5) is 13.5. The first-order chi connectivity index (χ1) is 10.1. The van der Waals surface area contributed by atoms with Crippen LogP contribution in [0.25, 0.3) is 0 Å². The number of carbonyl (C=O) groups is 1. The molecule has 114 valence electrons. The largest absolute Gasteiger partial charge is 0.478 e. The smallest absolute Gasteiger partial charge is 0.340 e. The van der Waals surface area contributed by atoms with Crippen molar-refractivity contribution >= 4 is 17.3 Å². The van der Waals surface area contributed by atoms with Crippen molar-refractivity contribution in [2.45, 2.75) is 32.1 Å². The molecule has 21 heavy (non-hydrogen) atoms. The van der Waals surface area contributed by atoms with E-state index < -0.39 is 11.8 Å². The zero-order chi connectivity index (χ0) is 15.0. The maximum absolute atomic E-state index is 13.5. The Labute approximate surface area is 123 Å². The van der Waals surface area contributed by atoms with Crippen molar-refractivity contribution in [2.75, 3.05) is 23.7 Å². The number of benzene rings is 1. The summed E-state index contributed by atoms with van der Waals surface area (Å²) in [7, 11) is 0. The van der Waals surface area contributed by atoms with Crippen molar-refractivity contribution < 1.29 is 14.3 Å². The van der Waals surface area contributed by atoms with Crippen molar-refractivity contribution in [3.63, 3.8) is 0 Å². The summed E-state index contributed by atoms with van der Waals surface area (Å²) in [6, 6.07) is 2.82. The SMILES string of the molecule is Nc1c(F)ccc(N2CCC3CCCCC3C2)c1C(=O)O. The van der Waals surface area contributed by atoms with E-state index in [0.29, 0.717) is 11.6 Å². The Hall–Kier alpha value is -1.78. The molecule has 2 fully saturated rings. The molecule has 0 bridgehead atoms. The second-order valence-electron chi connectivity index (χ2n) is 6.20. The summed E-state index contributed by atoms with van der Waals surface area (Å²) < 4.78 is 13.5. The van der Waals surface area contributed by atoms with Crippen LogP contribution in [0.1, 0.15) is 42.5 Å². The minimum atomic E-state index is -1.16. The van der Waals surface area contributed by atoms with E-state index in [1.54, 1.807) is 6.07 Å². The van der Waals surface area contributed by atoms with E-state index in [0.717, 1.165) is 25.4 Å². The van der Waals surface area contributed by atoms with Gasteiger partial charge in [0.05, 0.1) is 11.4 Å². The van der Waals surface area contributed by atoms with Crippen LogP contribution in [0.2, 0.25) is 0 Å². The third kappa shape index (κ3) is 2.57. The molecule has 1 saturated heterocycles. The molecule has 2 atom stereocenters. The van der Waals surface area contributed by atoms with Crippen LogP contribution < -0.4 is 10.6 Å². The number of carboxylic acids is 1. The molecule has 1 aromatic carbocycles. The second-order valence-corrected chi connectivity index (χ2v) is 6.20. The number of carboxylic acid groups (broad SMARTS) is 1. The molecule has 4 nitrogen and oxygen atoms in total. The summed E-state index contributed by atoms with van der Waals surface area (Å²) in [5, 5.41) is 9.36. The second kappa shape index (κ2) is 5.54. The molecule has 0 spiro atoms. The molecule has 3 rings (SSSR count). The van der Waals surface area contributed by atoms with E-state index >= 15 is 0 Å². The molecule has 5 heteroatoms. The monoisotopic (exact) mass is 292 g/mol. The summed E-state index contributed by atoms with van der Waals surface area (Å²) in [6.07, 6.45) is 6.15. The van der Waals surface area contributed by atoms with Gasteiger partial charge in [0.15, 0.2) is 0 Å². The van der Waals surface area contributed by atoms with Gasteiger partial charge in [0.2, 0.25) is 0 Å². The van der Waals surface area contributed by atoms with Crippen LogP contribution in [0.4, 0.5) is 15.8 Å². The molecule has 0 aromatic heterocycles. The number of nitrogen functional groups attached to an aromatic ring is 1. The van der Waals surface area contributed by atoms with Crippen molar-refractivity contribution in [1.82, 2.24) is 0 Å². The molecule has 2 unspecified atom stereocenters. The van der Waals surface area contributed by atoms with Crippen LogP contribution in [0, 0.1) is 17.7 Å². The number of hydrogen-bond donors (Lipinski definition) is 2. The Morgan fingerprint density at radius 1 is 1.24 bits per heavy atom. The predicted octanol–water partition coefficient (Wildman–Crippen LogP) is 3.12. The first-order valence-electron chi connectivity index (χ1n) is 7.64. The van der Waals surface area contributed by atoms with Gasteiger partial charge in [-0.3, -0.25) is 0 Å². The Morgan fingerprint density at radius 2 is 1.95 bits per heavy atom. The number of nitrogens with zero attached hydrogens (tertiary/aromatic N) is 1. The summed E-state index contributed by atoms with van der Waals surface area (Å²) >= 11 is 0. The quantitative estimate of drug-likeness (QED) is 0.822. The van der Waals surface area contributed by atoms with Crippen molar-refractivity contribution in [1.29, 1.82) is 0 Å². The molecule has 3 N–H and O–H groups in total. The number of halogens is 1. The highest BCUT2D eigenvalue weighted by molar-refractivity contribution is 6.00. The number of fused-ring (bicyclic) bond motifs is 1. The van der Waals surface area contributed by atoms with Gasteiger partial charge in [-0.05, 0) is 36.8 Å². The van der Waals surface area contributed by atoms with Crippen molar-refractivity contribution in [3.8, 4) is 0 Å². The number of aromatic carboxylic acids is 1. The average molecular weight is 292 g/mol. The molecule has 1 aliphatic heterocycles. The number of nitrogens with two attached hydrogens (primary N) is 1. The Morgan fingerprint density at radius 3 is 2.67 bits per heavy atom. The number of anilines is 2. The molecule has 1 saturated carbocycles. The van der Waals surface area contributed by atoms with Gasteiger partial charge in [-0.25, -0.2) is 9.18 Å². The number of rotatable bonds is 2. The average Bonchev–Trinajstić information content (AvgIpc) is 2.49. The molecular formula is C16H21FN2O2. The molecule has 1 aliphatic carbocycles. The maximum Gasteiger partial charge on any atom is 0.340 e. The van der Waals surface area contributed by atoms with Crippen LogP contribution in [-0.4, -0.2) is 24.2 Å². The fourth-order valence-corrected chi connectivity index (χ4v) is 3.89. The lowest BCUT2D eigenvalue weighted by Gasteiger charge is -2.42. The summed E-state index contributed by atoms with van der Waals surface area (Å²) in [5.74, 6) is -0.432. The van der Waals surface area contributed by atoms with Gasteiger partial charge in [0.1, 0.15) is 11.4 Å². The number of hydrogen-bond acceptors (Lipinski definition) is 3. The molecule has 1 heterocycles. The molecule has 0 radical (unpaired) electrons. The fourth-order valence-electron chi connectivity index (χ4n) is 3.89. The minimum Gasteiger partial charge on any atom is -0.478 e. The normalized spacial score (nSPS) is 25.5. The van der Waals surface area contributed by atoms with Crippen molar-refractivity contribution in [2.24, 2.45) is 11.8 Å². The van der Waals surface area contributed by atoms with Crippen LogP contribution in [-0.2, 0) is 0 Å². The van der Waals surface area contributed by atoms with Crippen LogP contribution in [0.3, 0.4) is 0 Å². The van der Waals surface area contributed by atoms with Gasteiger partial charge < -0.3 is 15.7 Å². The van der Waals surface area contributed by atoms with Gasteiger partial charge >= 0.3 is 5.97 Å². The number of piperidine rings is 1. The Kier molecular flexibility index (Phi) is 3.74. The topological polar surface area (TPSA) is 66.6 Å². The molecule has 2 aliphatic rings.